The van der Waals surface area contributed by atoms with Crippen molar-refractivity contribution in [2.75, 3.05) is 5.32 Å². The summed E-state index contributed by atoms with van der Waals surface area (Å²) >= 11 is 0. The summed E-state index contributed by atoms with van der Waals surface area (Å²) in [5, 5.41) is 2.57. The molecule has 6 heteroatoms. The molecule has 0 saturated carbocycles. The molecule has 2 rings (SSSR count). The normalized spacial score (nSPS) is 9.60. The van der Waals surface area contributed by atoms with Gasteiger partial charge in [0.1, 0.15) is 17.8 Å². The van der Waals surface area contributed by atoms with E-state index in [9.17, 15) is 4.79 Å². The zero-order chi connectivity index (χ0) is 10.5. The lowest BCUT2D eigenvalue weighted by atomic mass is 10.4. The van der Waals surface area contributed by atoms with E-state index in [1.54, 1.807) is 12.3 Å². The molecule has 1 amide bonds. The molecule has 0 aliphatic heterocycles. The maximum absolute atomic E-state index is 11.5. The van der Waals surface area contributed by atoms with E-state index in [-0.39, 0.29) is 11.6 Å². The second-order valence-electron chi connectivity index (χ2n) is 2.64. The van der Waals surface area contributed by atoms with Crippen molar-refractivity contribution in [2.45, 2.75) is 0 Å². The Labute approximate surface area is 85.4 Å². The van der Waals surface area contributed by atoms with Gasteiger partial charge in [-0.15, -0.1) is 0 Å². The molecule has 2 aromatic rings. The molecule has 0 aliphatic carbocycles. The molecule has 0 aromatic carbocycles. The summed E-state index contributed by atoms with van der Waals surface area (Å²) < 4.78 is 0. The molecule has 0 unspecified atom stereocenters. The van der Waals surface area contributed by atoms with Gasteiger partial charge in [0.15, 0.2) is 0 Å². The quantitative estimate of drug-likeness (QED) is 0.766. The van der Waals surface area contributed by atoms with Gasteiger partial charge in [-0.05, 0) is 6.07 Å². The SMILES string of the molecule is O=C(Nc1ccncn1)c1cnccn1. The van der Waals surface area contributed by atoms with E-state index in [1.165, 1.54) is 24.9 Å². The maximum Gasteiger partial charge on any atom is 0.277 e. The number of nitrogens with one attached hydrogen (secondary N) is 1. The fourth-order valence-electron chi connectivity index (χ4n) is 0.961. The first-order chi connectivity index (χ1) is 7.36. The molecule has 6 nitrogen and oxygen atoms in total. The van der Waals surface area contributed by atoms with E-state index in [4.69, 9.17) is 0 Å². The third-order valence-corrected chi connectivity index (χ3v) is 1.62. The molecular weight excluding hydrogens is 194 g/mol. The number of rotatable bonds is 2. The van der Waals surface area contributed by atoms with Crippen LogP contribution in [0.2, 0.25) is 0 Å². The van der Waals surface area contributed by atoms with Crippen molar-refractivity contribution in [1.82, 2.24) is 19.9 Å². The molecule has 0 radical (unpaired) electrons. The van der Waals surface area contributed by atoms with E-state index in [0.29, 0.717) is 5.82 Å². The molecule has 0 aliphatic rings. The Morgan fingerprint density at radius 1 is 1.13 bits per heavy atom. The van der Waals surface area contributed by atoms with Crippen LogP contribution in [0.4, 0.5) is 5.82 Å². The van der Waals surface area contributed by atoms with E-state index in [2.05, 4.69) is 25.3 Å². The summed E-state index contributed by atoms with van der Waals surface area (Å²) in [6, 6.07) is 1.59. The Morgan fingerprint density at radius 3 is 2.73 bits per heavy atom. The van der Waals surface area contributed by atoms with Crippen LogP contribution in [0.25, 0.3) is 0 Å². The van der Waals surface area contributed by atoms with Gasteiger partial charge in [-0.25, -0.2) is 15.0 Å². The van der Waals surface area contributed by atoms with Crippen LogP contribution < -0.4 is 5.32 Å². The molecule has 74 valence electrons. The van der Waals surface area contributed by atoms with Crippen molar-refractivity contribution in [3.05, 3.63) is 42.9 Å². The first-order valence-electron chi connectivity index (χ1n) is 4.19. The van der Waals surface area contributed by atoms with Crippen LogP contribution in [-0.4, -0.2) is 25.8 Å². The lowest BCUT2D eigenvalue weighted by Gasteiger charge is -2.01. The van der Waals surface area contributed by atoms with Gasteiger partial charge >= 0.3 is 0 Å². The van der Waals surface area contributed by atoms with E-state index in [0.717, 1.165) is 0 Å². The second kappa shape index (κ2) is 4.23. The van der Waals surface area contributed by atoms with E-state index in [1.807, 2.05) is 0 Å². The Kier molecular flexibility index (Phi) is 2.59. The smallest absolute Gasteiger partial charge is 0.277 e. The minimum atomic E-state index is -0.346. The number of carbonyl (C=O) groups is 1. The van der Waals surface area contributed by atoms with Gasteiger partial charge in [-0.2, -0.15) is 0 Å². The summed E-state index contributed by atoms with van der Waals surface area (Å²) in [5.74, 6) is 0.0856. The van der Waals surface area contributed by atoms with Gasteiger partial charge in [-0.1, -0.05) is 0 Å². The molecule has 0 spiro atoms. The molecule has 0 fully saturated rings. The lowest BCUT2D eigenvalue weighted by molar-refractivity contribution is 0.102. The first-order valence-corrected chi connectivity index (χ1v) is 4.19. The number of anilines is 1. The van der Waals surface area contributed by atoms with E-state index >= 15 is 0 Å². The molecule has 15 heavy (non-hydrogen) atoms. The molecular formula is C9H7N5O. The lowest BCUT2D eigenvalue weighted by Crippen LogP contribution is -2.14. The number of carbonyl (C=O) groups excluding carboxylic acids is 1. The fourth-order valence-corrected chi connectivity index (χ4v) is 0.961. The predicted octanol–water partition coefficient (Wildman–Crippen LogP) is 0.519. The Morgan fingerprint density at radius 2 is 2.07 bits per heavy atom. The van der Waals surface area contributed by atoms with Gasteiger partial charge in [0.05, 0.1) is 6.20 Å². The predicted molar refractivity (Wildman–Crippen MR) is 52.0 cm³/mol. The van der Waals surface area contributed by atoms with Crippen molar-refractivity contribution in [3.63, 3.8) is 0 Å². The summed E-state index contributed by atoms with van der Waals surface area (Å²) in [6.45, 7) is 0. The molecule has 0 saturated heterocycles. The Balaban J connectivity index is 2.12. The van der Waals surface area contributed by atoms with Crippen LogP contribution in [-0.2, 0) is 0 Å². The van der Waals surface area contributed by atoms with Crippen LogP contribution in [0.3, 0.4) is 0 Å². The zero-order valence-electron chi connectivity index (χ0n) is 7.66. The molecule has 0 bridgehead atoms. The average molecular weight is 201 g/mol. The average Bonchev–Trinajstić information content (AvgIpc) is 2.31. The van der Waals surface area contributed by atoms with Gasteiger partial charge in [0.25, 0.3) is 5.91 Å². The summed E-state index contributed by atoms with van der Waals surface area (Å²) in [6.07, 6.45) is 7.23. The number of nitrogens with zero attached hydrogens (tertiary/aromatic N) is 4. The van der Waals surface area contributed by atoms with Crippen molar-refractivity contribution >= 4 is 11.7 Å². The maximum atomic E-state index is 11.5. The van der Waals surface area contributed by atoms with Gasteiger partial charge < -0.3 is 5.32 Å². The molecule has 2 aromatic heterocycles. The minimum Gasteiger partial charge on any atom is -0.305 e. The monoisotopic (exact) mass is 201 g/mol. The largest absolute Gasteiger partial charge is 0.305 e. The van der Waals surface area contributed by atoms with Crippen LogP contribution in [0.5, 0.6) is 0 Å². The second-order valence-corrected chi connectivity index (χ2v) is 2.64. The fraction of sp³-hybridized carbons (Fsp3) is 0. The van der Waals surface area contributed by atoms with E-state index < -0.39 is 0 Å². The summed E-state index contributed by atoms with van der Waals surface area (Å²) in [5.41, 5.74) is 0.246. The molecule has 1 N–H and O–H groups in total. The standard InChI is InChI=1S/C9H7N5O/c15-9(7-5-10-3-4-12-7)14-8-1-2-11-6-13-8/h1-6H,(H,11,13,14,15). The number of aromatic nitrogens is 4. The first kappa shape index (κ1) is 9.20. The van der Waals surface area contributed by atoms with Gasteiger partial charge in [0.2, 0.25) is 0 Å². The third kappa shape index (κ3) is 2.31. The highest BCUT2D eigenvalue weighted by atomic mass is 16.1. The highest BCUT2D eigenvalue weighted by molar-refractivity contribution is 6.01. The molecule has 2 heterocycles. The van der Waals surface area contributed by atoms with Crippen molar-refractivity contribution < 1.29 is 4.79 Å². The topological polar surface area (TPSA) is 80.7 Å². The number of amides is 1. The highest BCUT2D eigenvalue weighted by Gasteiger charge is 2.06. The highest BCUT2D eigenvalue weighted by Crippen LogP contribution is 2.00. The molecule has 0 atom stereocenters. The summed E-state index contributed by atoms with van der Waals surface area (Å²) in [4.78, 5) is 26.8. The zero-order valence-corrected chi connectivity index (χ0v) is 7.66. The number of hydrogen-bond acceptors (Lipinski definition) is 5. The minimum absolute atomic E-state index is 0.246. The van der Waals surface area contributed by atoms with Crippen molar-refractivity contribution in [3.8, 4) is 0 Å². The third-order valence-electron chi connectivity index (χ3n) is 1.62. The Hall–Kier alpha value is -2.37. The number of hydrogen-bond donors (Lipinski definition) is 1. The summed E-state index contributed by atoms with van der Waals surface area (Å²) in [7, 11) is 0. The van der Waals surface area contributed by atoms with Crippen LogP contribution in [0.1, 0.15) is 10.5 Å². The van der Waals surface area contributed by atoms with Crippen LogP contribution in [0.15, 0.2) is 37.2 Å². The van der Waals surface area contributed by atoms with Crippen LogP contribution in [0, 0.1) is 0 Å². The van der Waals surface area contributed by atoms with Crippen LogP contribution >= 0.6 is 0 Å². The van der Waals surface area contributed by atoms with Gasteiger partial charge in [0, 0.05) is 18.6 Å². The van der Waals surface area contributed by atoms with Crippen molar-refractivity contribution in [2.24, 2.45) is 0 Å². The Bertz CT molecular complexity index is 445. The van der Waals surface area contributed by atoms with Crippen molar-refractivity contribution in [1.29, 1.82) is 0 Å². The van der Waals surface area contributed by atoms with Gasteiger partial charge in [-0.3, -0.25) is 9.78 Å².